The number of carbonyl (C=O) groups is 1. The summed E-state index contributed by atoms with van der Waals surface area (Å²) in [6, 6.07) is 9.13. The van der Waals surface area contributed by atoms with Gasteiger partial charge in [-0.05, 0) is 19.1 Å². The molecule has 194 valence electrons. The first-order chi connectivity index (χ1) is 16.6. The molecule has 1 rings (SSSR count). The van der Waals surface area contributed by atoms with E-state index in [4.69, 9.17) is 43.0 Å². The van der Waals surface area contributed by atoms with Crippen LogP contribution in [0.1, 0.15) is 6.92 Å². The summed E-state index contributed by atoms with van der Waals surface area (Å²) in [5.74, 6) is 0.105. The van der Waals surface area contributed by atoms with Gasteiger partial charge in [0.1, 0.15) is 5.75 Å². The first kappa shape index (κ1) is 30.0. The smallest absolute Gasteiger partial charge is 0.333 e. The van der Waals surface area contributed by atoms with Crippen LogP contribution in [0.15, 0.2) is 42.5 Å². The average Bonchev–Trinajstić information content (AvgIpc) is 2.84. The first-order valence-corrected chi connectivity index (χ1v) is 11.3. The zero-order valence-electron chi connectivity index (χ0n) is 20.0. The summed E-state index contributed by atoms with van der Waals surface area (Å²) < 4.78 is 43.2. The number of rotatable bonds is 23. The molecule has 0 aliphatic carbocycles. The lowest BCUT2D eigenvalue weighted by molar-refractivity contribution is -0.159. The maximum absolute atomic E-state index is 11.6. The van der Waals surface area contributed by atoms with E-state index < -0.39 is 12.3 Å². The molecule has 34 heavy (non-hydrogen) atoms. The van der Waals surface area contributed by atoms with Crippen molar-refractivity contribution in [2.45, 2.75) is 13.2 Å². The van der Waals surface area contributed by atoms with Crippen molar-refractivity contribution in [3.8, 4) is 5.75 Å². The molecule has 1 unspecified atom stereocenters. The molecule has 0 bridgehead atoms. The molecule has 0 radical (unpaired) electrons. The number of carbonyl (C=O) groups excluding carboxylic acids is 1. The zero-order chi connectivity index (χ0) is 24.7. The van der Waals surface area contributed by atoms with E-state index in [1.54, 1.807) is 19.1 Å². The number of ether oxygens (including phenoxy) is 8. The van der Waals surface area contributed by atoms with E-state index in [2.05, 4.69) is 6.58 Å². The van der Waals surface area contributed by atoms with Crippen LogP contribution >= 0.6 is 0 Å². The van der Waals surface area contributed by atoms with Crippen LogP contribution in [0.25, 0.3) is 0 Å². The van der Waals surface area contributed by atoms with Gasteiger partial charge in [-0.2, -0.15) is 0 Å². The van der Waals surface area contributed by atoms with E-state index in [1.165, 1.54) is 0 Å². The Kier molecular flexibility index (Phi) is 18.9. The standard InChI is InChI=1S/C24H38O10/c1-21(2)24(26)33-20-23(34-22-6-4-3-5-7-22)32-19-18-31-17-16-30-15-14-29-13-12-28-11-10-27-9-8-25/h3-7,23,25H,1,8-20H2,2H3. The van der Waals surface area contributed by atoms with Crippen molar-refractivity contribution in [3.63, 3.8) is 0 Å². The minimum absolute atomic E-state index is 0.0148. The summed E-state index contributed by atoms with van der Waals surface area (Å²) in [6.45, 7) is 9.66. The highest BCUT2D eigenvalue weighted by Gasteiger charge is 2.15. The molecule has 0 heterocycles. The summed E-state index contributed by atoms with van der Waals surface area (Å²) in [6.07, 6.45) is -0.764. The lowest BCUT2D eigenvalue weighted by Gasteiger charge is -2.19. The van der Waals surface area contributed by atoms with Gasteiger partial charge in [-0.1, -0.05) is 24.8 Å². The van der Waals surface area contributed by atoms with Crippen molar-refractivity contribution in [1.82, 2.24) is 0 Å². The highest BCUT2D eigenvalue weighted by atomic mass is 16.7. The van der Waals surface area contributed by atoms with Crippen LogP contribution in [0.5, 0.6) is 5.75 Å². The fourth-order valence-corrected chi connectivity index (χ4v) is 2.32. The number of benzene rings is 1. The van der Waals surface area contributed by atoms with Gasteiger partial charge in [-0.25, -0.2) is 4.79 Å². The Labute approximate surface area is 201 Å². The van der Waals surface area contributed by atoms with Crippen LogP contribution < -0.4 is 4.74 Å². The number of aliphatic hydroxyl groups excluding tert-OH is 1. The molecule has 0 aliphatic heterocycles. The minimum atomic E-state index is -0.764. The Morgan fingerprint density at radius 3 is 1.74 bits per heavy atom. The van der Waals surface area contributed by atoms with E-state index in [0.29, 0.717) is 77.4 Å². The van der Waals surface area contributed by atoms with Gasteiger partial charge in [0.25, 0.3) is 0 Å². The predicted octanol–water partition coefficient (Wildman–Crippen LogP) is 1.60. The molecule has 0 saturated carbocycles. The third-order valence-electron chi connectivity index (χ3n) is 3.96. The van der Waals surface area contributed by atoms with Crippen molar-refractivity contribution in [2.24, 2.45) is 0 Å². The summed E-state index contributed by atoms with van der Waals surface area (Å²) in [7, 11) is 0. The number of para-hydroxylation sites is 1. The number of esters is 1. The Hall–Kier alpha value is -2.05. The molecule has 0 aliphatic rings. The monoisotopic (exact) mass is 486 g/mol. The molecule has 0 aromatic heterocycles. The van der Waals surface area contributed by atoms with Gasteiger partial charge >= 0.3 is 5.97 Å². The maximum Gasteiger partial charge on any atom is 0.333 e. The van der Waals surface area contributed by atoms with Crippen molar-refractivity contribution < 1.29 is 47.8 Å². The van der Waals surface area contributed by atoms with Crippen molar-refractivity contribution in [2.75, 3.05) is 85.9 Å². The van der Waals surface area contributed by atoms with Gasteiger partial charge < -0.3 is 43.0 Å². The van der Waals surface area contributed by atoms with Gasteiger partial charge in [0.15, 0.2) is 6.61 Å². The summed E-state index contributed by atoms with van der Waals surface area (Å²) in [4.78, 5) is 11.6. The van der Waals surface area contributed by atoms with Crippen LogP contribution in [0.4, 0.5) is 0 Å². The molecule has 1 atom stereocenters. The van der Waals surface area contributed by atoms with Crippen LogP contribution in [-0.2, 0) is 38.0 Å². The molecule has 10 heteroatoms. The van der Waals surface area contributed by atoms with E-state index in [-0.39, 0.29) is 19.8 Å². The van der Waals surface area contributed by atoms with E-state index in [9.17, 15) is 4.79 Å². The minimum Gasteiger partial charge on any atom is -0.461 e. The normalized spacial score (nSPS) is 11.8. The fraction of sp³-hybridized carbons (Fsp3) is 0.625. The summed E-state index contributed by atoms with van der Waals surface area (Å²) in [5.41, 5.74) is 0.306. The third kappa shape index (κ3) is 17.4. The summed E-state index contributed by atoms with van der Waals surface area (Å²) in [5, 5.41) is 8.56. The van der Waals surface area contributed by atoms with Crippen molar-refractivity contribution >= 4 is 5.97 Å². The molecule has 0 amide bonds. The molecule has 1 N–H and O–H groups in total. The van der Waals surface area contributed by atoms with Crippen LogP contribution in [0.3, 0.4) is 0 Å². The van der Waals surface area contributed by atoms with Gasteiger partial charge in [0.2, 0.25) is 6.29 Å². The molecule has 1 aromatic rings. The van der Waals surface area contributed by atoms with Gasteiger partial charge in [0.05, 0.1) is 79.3 Å². The molecular formula is C24H38O10. The van der Waals surface area contributed by atoms with Crippen molar-refractivity contribution in [3.05, 3.63) is 42.5 Å². The SMILES string of the molecule is C=C(C)C(=O)OCC(OCCOCCOCCOCCOCCOCCO)Oc1ccccc1. The zero-order valence-corrected chi connectivity index (χ0v) is 20.0. The average molecular weight is 487 g/mol. The lowest BCUT2D eigenvalue weighted by Crippen LogP contribution is -2.29. The second-order valence-electron chi connectivity index (χ2n) is 6.90. The quantitative estimate of drug-likeness (QED) is 0.106. The molecule has 0 spiro atoms. The molecular weight excluding hydrogens is 448 g/mol. The molecule has 0 saturated heterocycles. The Morgan fingerprint density at radius 1 is 0.794 bits per heavy atom. The summed E-state index contributed by atoms with van der Waals surface area (Å²) >= 11 is 0. The Morgan fingerprint density at radius 2 is 1.26 bits per heavy atom. The van der Waals surface area contributed by atoms with Gasteiger partial charge in [-0.15, -0.1) is 0 Å². The lowest BCUT2D eigenvalue weighted by atomic mass is 10.3. The predicted molar refractivity (Wildman–Crippen MR) is 124 cm³/mol. The fourth-order valence-electron chi connectivity index (χ4n) is 2.32. The van der Waals surface area contributed by atoms with E-state index in [0.717, 1.165) is 0 Å². The second kappa shape index (κ2) is 21.5. The largest absolute Gasteiger partial charge is 0.461 e. The van der Waals surface area contributed by atoms with Crippen LogP contribution in [0.2, 0.25) is 0 Å². The van der Waals surface area contributed by atoms with Gasteiger partial charge in [-0.3, -0.25) is 0 Å². The maximum atomic E-state index is 11.6. The highest BCUT2D eigenvalue weighted by Crippen LogP contribution is 2.12. The number of hydrogen-bond donors (Lipinski definition) is 1. The number of aliphatic hydroxyl groups is 1. The first-order valence-electron chi connectivity index (χ1n) is 11.3. The highest BCUT2D eigenvalue weighted by molar-refractivity contribution is 5.86. The Bertz CT molecular complexity index is 625. The van der Waals surface area contributed by atoms with E-state index >= 15 is 0 Å². The topological polar surface area (TPSA) is 111 Å². The van der Waals surface area contributed by atoms with Crippen molar-refractivity contribution in [1.29, 1.82) is 0 Å². The second-order valence-corrected chi connectivity index (χ2v) is 6.90. The third-order valence-corrected chi connectivity index (χ3v) is 3.96. The molecule has 1 aromatic carbocycles. The molecule has 10 nitrogen and oxygen atoms in total. The van der Waals surface area contributed by atoms with Crippen LogP contribution in [-0.4, -0.2) is 103 Å². The van der Waals surface area contributed by atoms with Crippen LogP contribution in [0, 0.1) is 0 Å². The van der Waals surface area contributed by atoms with Gasteiger partial charge in [0, 0.05) is 5.57 Å². The molecule has 0 fully saturated rings. The number of hydrogen-bond acceptors (Lipinski definition) is 10. The van der Waals surface area contributed by atoms with E-state index in [1.807, 2.05) is 18.2 Å². The Balaban J connectivity index is 2.01.